The molecule has 24 heavy (non-hydrogen) atoms. The second-order valence-electron chi connectivity index (χ2n) is 4.64. The van der Waals surface area contributed by atoms with Crippen LogP contribution >= 0.6 is 0 Å². The first-order valence-corrected chi connectivity index (χ1v) is 7.43. The van der Waals surface area contributed by atoms with Crippen molar-refractivity contribution >= 4 is 23.5 Å². The standard InChI is InChI=1S/C18H16N2O4/c1-3-23-17-10-14(19-11-21)6-7-15(17)13-5-8-16(20-12-22)18(9-13)24-4-2/h5-10H,3-4H2,1-2H3. The summed E-state index contributed by atoms with van der Waals surface area (Å²) in [5.74, 6) is 1.07. The minimum atomic E-state index is 0.413. The molecule has 0 aliphatic rings. The highest BCUT2D eigenvalue weighted by Gasteiger charge is 2.11. The highest BCUT2D eigenvalue weighted by atomic mass is 16.5. The second kappa shape index (κ2) is 8.44. The molecule has 0 atom stereocenters. The molecule has 0 bridgehead atoms. The van der Waals surface area contributed by atoms with Crippen LogP contribution in [0.15, 0.2) is 46.4 Å². The Balaban J connectivity index is 2.55. The van der Waals surface area contributed by atoms with Gasteiger partial charge < -0.3 is 9.47 Å². The monoisotopic (exact) mass is 324 g/mol. The van der Waals surface area contributed by atoms with Crippen LogP contribution in [0.2, 0.25) is 0 Å². The van der Waals surface area contributed by atoms with E-state index in [4.69, 9.17) is 9.47 Å². The molecule has 6 heteroatoms. The van der Waals surface area contributed by atoms with Crippen molar-refractivity contribution in [2.45, 2.75) is 13.8 Å². The van der Waals surface area contributed by atoms with Crippen LogP contribution in [-0.2, 0) is 9.59 Å². The molecule has 0 spiro atoms. The Kier molecular flexibility index (Phi) is 6.03. The van der Waals surface area contributed by atoms with Gasteiger partial charge in [0.2, 0.25) is 12.2 Å². The van der Waals surface area contributed by atoms with E-state index in [0.29, 0.717) is 36.1 Å². The summed E-state index contributed by atoms with van der Waals surface area (Å²) in [4.78, 5) is 28.2. The Morgan fingerprint density at radius 1 is 0.875 bits per heavy atom. The van der Waals surface area contributed by atoms with Crippen LogP contribution in [0.5, 0.6) is 11.5 Å². The minimum Gasteiger partial charge on any atom is -0.493 e. The lowest BCUT2D eigenvalue weighted by Gasteiger charge is -2.13. The zero-order chi connectivity index (χ0) is 17.4. The Morgan fingerprint density at radius 2 is 1.58 bits per heavy atom. The number of isocyanates is 2. The van der Waals surface area contributed by atoms with Crippen molar-refractivity contribution in [3.8, 4) is 22.6 Å². The van der Waals surface area contributed by atoms with Crippen LogP contribution in [0.1, 0.15) is 13.8 Å². The van der Waals surface area contributed by atoms with Crippen molar-refractivity contribution in [1.29, 1.82) is 0 Å². The molecule has 6 nitrogen and oxygen atoms in total. The minimum absolute atomic E-state index is 0.413. The zero-order valence-corrected chi connectivity index (χ0v) is 13.4. The van der Waals surface area contributed by atoms with Gasteiger partial charge in [-0.1, -0.05) is 6.07 Å². The van der Waals surface area contributed by atoms with Gasteiger partial charge in [-0.15, -0.1) is 0 Å². The lowest BCUT2D eigenvalue weighted by Crippen LogP contribution is -1.95. The number of hydrogen-bond donors (Lipinski definition) is 0. The number of aliphatic imine (C=N–C) groups is 2. The zero-order valence-electron chi connectivity index (χ0n) is 13.4. The summed E-state index contributed by atoms with van der Waals surface area (Å²) < 4.78 is 11.2. The van der Waals surface area contributed by atoms with Gasteiger partial charge in [-0.25, -0.2) is 9.59 Å². The van der Waals surface area contributed by atoms with Crippen molar-refractivity contribution in [1.82, 2.24) is 0 Å². The molecule has 0 saturated carbocycles. The fraction of sp³-hybridized carbons (Fsp3) is 0.222. The number of rotatable bonds is 7. The first-order valence-electron chi connectivity index (χ1n) is 7.43. The van der Waals surface area contributed by atoms with E-state index in [9.17, 15) is 9.59 Å². The van der Waals surface area contributed by atoms with E-state index in [1.165, 1.54) is 12.2 Å². The molecule has 0 N–H and O–H groups in total. The van der Waals surface area contributed by atoms with Crippen molar-refractivity contribution in [2.24, 2.45) is 9.98 Å². The van der Waals surface area contributed by atoms with Gasteiger partial charge in [0.15, 0.2) is 0 Å². The normalized spacial score (nSPS) is 9.58. The first-order chi connectivity index (χ1) is 11.7. The number of nitrogens with zero attached hydrogens (tertiary/aromatic N) is 2. The SMILES string of the molecule is CCOc1cc(-c2ccc(N=C=O)cc2OCC)ccc1N=C=O. The van der Waals surface area contributed by atoms with Gasteiger partial charge in [0.1, 0.15) is 17.2 Å². The maximum absolute atomic E-state index is 10.5. The molecule has 0 unspecified atom stereocenters. The molecule has 122 valence electrons. The Labute approximate surface area is 139 Å². The fourth-order valence-corrected chi connectivity index (χ4v) is 2.24. The van der Waals surface area contributed by atoms with Crippen LogP contribution in [-0.4, -0.2) is 25.4 Å². The summed E-state index contributed by atoms with van der Waals surface area (Å²) in [6, 6.07) is 10.4. The van der Waals surface area contributed by atoms with E-state index in [1.54, 1.807) is 36.4 Å². The van der Waals surface area contributed by atoms with Gasteiger partial charge in [0.25, 0.3) is 0 Å². The van der Waals surface area contributed by atoms with Crippen LogP contribution in [0.3, 0.4) is 0 Å². The maximum Gasteiger partial charge on any atom is 0.240 e. The summed E-state index contributed by atoms with van der Waals surface area (Å²) >= 11 is 0. The number of hydrogen-bond acceptors (Lipinski definition) is 6. The van der Waals surface area contributed by atoms with Crippen LogP contribution in [0.25, 0.3) is 11.1 Å². The molecule has 0 aliphatic heterocycles. The van der Waals surface area contributed by atoms with E-state index in [1.807, 2.05) is 13.8 Å². The molecule has 2 rings (SSSR count). The fourth-order valence-electron chi connectivity index (χ4n) is 2.24. The predicted molar refractivity (Wildman–Crippen MR) is 89.8 cm³/mol. The van der Waals surface area contributed by atoms with E-state index < -0.39 is 0 Å². The predicted octanol–water partition coefficient (Wildman–Crippen LogP) is 4.09. The van der Waals surface area contributed by atoms with Crippen LogP contribution < -0.4 is 9.47 Å². The van der Waals surface area contributed by atoms with Gasteiger partial charge in [-0.2, -0.15) is 9.98 Å². The molecule has 0 radical (unpaired) electrons. The Morgan fingerprint density at radius 3 is 2.25 bits per heavy atom. The molecule has 0 saturated heterocycles. The van der Waals surface area contributed by atoms with Crippen LogP contribution in [0, 0.1) is 0 Å². The second-order valence-corrected chi connectivity index (χ2v) is 4.64. The number of ether oxygens (including phenoxy) is 2. The summed E-state index contributed by atoms with van der Waals surface area (Å²) in [5.41, 5.74) is 2.51. The maximum atomic E-state index is 10.5. The third kappa shape index (κ3) is 3.96. The number of benzene rings is 2. The van der Waals surface area contributed by atoms with E-state index in [0.717, 1.165) is 11.1 Å². The summed E-state index contributed by atoms with van der Waals surface area (Å²) in [6.07, 6.45) is 3.03. The van der Waals surface area contributed by atoms with Crippen molar-refractivity contribution < 1.29 is 19.1 Å². The largest absolute Gasteiger partial charge is 0.493 e. The molecule has 0 aromatic heterocycles. The summed E-state index contributed by atoms with van der Waals surface area (Å²) in [7, 11) is 0. The van der Waals surface area contributed by atoms with Gasteiger partial charge in [0.05, 0.1) is 18.9 Å². The number of carbonyl (C=O) groups excluding carboxylic acids is 2. The lowest BCUT2D eigenvalue weighted by atomic mass is 10.0. The van der Waals surface area contributed by atoms with Gasteiger partial charge in [0, 0.05) is 11.6 Å². The molecule has 2 aromatic rings. The third-order valence-electron chi connectivity index (χ3n) is 3.18. The topological polar surface area (TPSA) is 77.3 Å². The average molecular weight is 324 g/mol. The molecular weight excluding hydrogens is 308 g/mol. The van der Waals surface area contributed by atoms with Gasteiger partial charge in [-0.05, 0) is 43.7 Å². The molecule has 2 aromatic carbocycles. The summed E-state index contributed by atoms with van der Waals surface area (Å²) in [5, 5.41) is 0. The average Bonchev–Trinajstić information content (AvgIpc) is 2.58. The van der Waals surface area contributed by atoms with Crippen molar-refractivity contribution in [3.63, 3.8) is 0 Å². The molecule has 0 heterocycles. The Bertz CT molecular complexity index is 820. The van der Waals surface area contributed by atoms with Crippen molar-refractivity contribution in [2.75, 3.05) is 13.2 Å². The molecule has 0 amide bonds. The highest BCUT2D eigenvalue weighted by Crippen LogP contribution is 2.38. The third-order valence-corrected chi connectivity index (χ3v) is 3.18. The smallest absolute Gasteiger partial charge is 0.240 e. The van der Waals surface area contributed by atoms with E-state index in [-0.39, 0.29) is 0 Å². The molecule has 0 aliphatic carbocycles. The highest BCUT2D eigenvalue weighted by molar-refractivity contribution is 5.77. The first kappa shape index (κ1) is 17.2. The van der Waals surface area contributed by atoms with Crippen LogP contribution in [0.4, 0.5) is 11.4 Å². The van der Waals surface area contributed by atoms with Gasteiger partial charge >= 0.3 is 0 Å². The van der Waals surface area contributed by atoms with Gasteiger partial charge in [-0.3, -0.25) is 0 Å². The lowest BCUT2D eigenvalue weighted by molar-refractivity contribution is 0.340. The summed E-state index contributed by atoms with van der Waals surface area (Å²) in [6.45, 7) is 4.62. The Hall–Kier alpha value is -3.20. The molecular formula is C18H16N2O4. The van der Waals surface area contributed by atoms with E-state index in [2.05, 4.69) is 9.98 Å². The quantitative estimate of drug-likeness (QED) is 0.568. The van der Waals surface area contributed by atoms with Crippen molar-refractivity contribution in [3.05, 3.63) is 36.4 Å². The van der Waals surface area contributed by atoms with E-state index >= 15 is 0 Å². The molecule has 0 fully saturated rings.